The van der Waals surface area contributed by atoms with Crippen molar-refractivity contribution in [3.8, 4) is 11.1 Å². The van der Waals surface area contributed by atoms with Crippen LogP contribution in [0.4, 0.5) is 4.79 Å². The third-order valence-corrected chi connectivity index (χ3v) is 10.8. The van der Waals surface area contributed by atoms with Crippen molar-refractivity contribution < 1.29 is 67.0 Å². The Morgan fingerprint density at radius 2 is 0.972 bits per heavy atom. The van der Waals surface area contributed by atoms with Crippen molar-refractivity contribution >= 4 is 73.0 Å². The molecular formula is C47H63N11O14. The molecule has 0 saturated carbocycles. The molecule has 390 valence electrons. The second kappa shape index (κ2) is 28.9. The molecule has 72 heavy (non-hydrogen) atoms. The number of rotatable bonds is 31. The summed E-state index contributed by atoms with van der Waals surface area (Å²) >= 11 is 0. The Balaban J connectivity index is 1.92. The number of amides is 6. The second-order valence-electron chi connectivity index (χ2n) is 16.6. The Bertz CT molecular complexity index is 2260. The number of benzene rings is 2. The van der Waals surface area contributed by atoms with Gasteiger partial charge in [0, 0.05) is 12.5 Å². The van der Waals surface area contributed by atoms with Crippen molar-refractivity contribution in [3.63, 3.8) is 0 Å². The molecule has 0 aromatic heterocycles. The summed E-state index contributed by atoms with van der Waals surface area (Å²) in [4.78, 5) is 155. The summed E-state index contributed by atoms with van der Waals surface area (Å²) in [5.74, 6) is -6.91. The van der Waals surface area contributed by atoms with Gasteiger partial charge in [0.25, 0.3) is 23.6 Å². The standard InChI is InChI=1S/C47H63N11O14/c1-9-18-58(45(68)38(50-27(4)21-61)57-47(70)72-24-35-33-16-12-10-14-31(33)32-15-11-13-17-34(32)35)40(52-29(6)23-63)44(67)55-37(49-26(3)20-60)43(66)54-36(48-25(2)19-59)42(65)53-30(7)41(64)56-39(46(69)71-8)51-28(5)22-62/h9-17,19-23,25-30,35-40,48-52H,1,18,24H2,2-8H3,(H,53,65)(H,54,66)(H,55,67)(H,56,64)(H,57,70)/t25-,26-,27-,28-,29-,30-,36-,37-,38-,39-,40-/m0/s1. The molecule has 11 atom stereocenters. The van der Waals surface area contributed by atoms with Gasteiger partial charge in [-0.15, -0.1) is 6.58 Å². The zero-order valence-corrected chi connectivity index (χ0v) is 40.8. The predicted molar refractivity (Wildman–Crippen MR) is 256 cm³/mol. The average Bonchev–Trinajstić information content (AvgIpc) is 3.70. The van der Waals surface area contributed by atoms with Crippen LogP contribution in [-0.2, 0) is 62.2 Å². The number of aldehydes is 5. The van der Waals surface area contributed by atoms with Crippen molar-refractivity contribution in [2.75, 3.05) is 20.3 Å². The van der Waals surface area contributed by atoms with Crippen molar-refractivity contribution in [3.05, 3.63) is 72.3 Å². The zero-order chi connectivity index (χ0) is 53.7. The molecule has 3 rings (SSSR count). The van der Waals surface area contributed by atoms with E-state index in [1.165, 1.54) is 47.6 Å². The van der Waals surface area contributed by atoms with Gasteiger partial charge in [-0.3, -0.25) is 55.9 Å². The lowest BCUT2D eigenvalue weighted by Crippen LogP contribution is -2.69. The van der Waals surface area contributed by atoms with Gasteiger partial charge < -0.3 is 59.6 Å². The van der Waals surface area contributed by atoms with Crippen molar-refractivity contribution in [2.45, 2.75) is 115 Å². The normalized spacial score (nSPS) is 16.2. The van der Waals surface area contributed by atoms with E-state index in [9.17, 15) is 57.5 Å². The Morgan fingerprint density at radius 3 is 1.44 bits per heavy atom. The SMILES string of the molecule is C=CCN(C(=O)[C@H](NC(=O)OCC1c2ccccc2-c2ccccc21)N[C@@H](C)C=O)[C@H](N[C@@H](C)C=O)C(=O)N[C@H](N[C@@H](C)C=O)C(=O)N[C@H](N[C@@H](C)C=O)C(=O)N[C@@H](C)C(=O)N[C@H](N[C@@H](C)C=O)C(=O)OC. The number of nitrogens with one attached hydrogen (secondary N) is 10. The highest BCUT2D eigenvalue weighted by Crippen LogP contribution is 2.44. The van der Waals surface area contributed by atoms with E-state index in [2.05, 4.69) is 64.5 Å². The number of esters is 1. The molecule has 0 unspecified atom stereocenters. The molecule has 25 heteroatoms. The number of hydrogen-bond donors (Lipinski definition) is 10. The summed E-state index contributed by atoms with van der Waals surface area (Å²) in [6.45, 7) is 11.0. The first-order valence-electron chi connectivity index (χ1n) is 22.7. The van der Waals surface area contributed by atoms with Crippen LogP contribution < -0.4 is 53.2 Å². The molecule has 0 spiro atoms. The molecule has 0 heterocycles. The number of carbonyl (C=O) groups is 12. The number of nitrogens with zero attached hydrogens (tertiary/aromatic N) is 1. The lowest BCUT2D eigenvalue weighted by Gasteiger charge is -2.36. The van der Waals surface area contributed by atoms with Crippen LogP contribution in [0.1, 0.15) is 58.6 Å². The van der Waals surface area contributed by atoms with Gasteiger partial charge in [0.15, 0.2) is 30.8 Å². The van der Waals surface area contributed by atoms with Crippen LogP contribution in [0.3, 0.4) is 0 Å². The third-order valence-electron chi connectivity index (χ3n) is 10.8. The van der Waals surface area contributed by atoms with E-state index in [0.29, 0.717) is 31.4 Å². The van der Waals surface area contributed by atoms with Gasteiger partial charge in [-0.2, -0.15) is 0 Å². The molecule has 25 nitrogen and oxygen atoms in total. The van der Waals surface area contributed by atoms with Crippen LogP contribution in [0.25, 0.3) is 11.1 Å². The summed E-state index contributed by atoms with van der Waals surface area (Å²) in [7, 11) is 1.03. The van der Waals surface area contributed by atoms with Crippen LogP contribution in [-0.4, -0.2) is 165 Å². The summed E-state index contributed by atoms with van der Waals surface area (Å²) in [5, 5.41) is 24.6. The Labute approximate surface area is 415 Å². The number of methoxy groups -OCH3 is 1. The highest BCUT2D eigenvalue weighted by atomic mass is 16.5. The fourth-order valence-corrected chi connectivity index (χ4v) is 7.09. The molecule has 0 aliphatic heterocycles. The average molecular weight is 1010 g/mol. The van der Waals surface area contributed by atoms with Crippen LogP contribution in [0.15, 0.2) is 61.2 Å². The molecule has 0 radical (unpaired) electrons. The number of fused-ring (bicyclic) bond motifs is 3. The minimum atomic E-state index is -1.94. The molecule has 0 fully saturated rings. The van der Waals surface area contributed by atoms with E-state index in [1.807, 2.05) is 48.5 Å². The zero-order valence-electron chi connectivity index (χ0n) is 40.8. The van der Waals surface area contributed by atoms with Gasteiger partial charge in [0.2, 0.25) is 5.91 Å². The van der Waals surface area contributed by atoms with Gasteiger partial charge in [-0.25, -0.2) is 9.59 Å². The number of alkyl carbamates (subject to hydrolysis) is 1. The van der Waals surface area contributed by atoms with Gasteiger partial charge >= 0.3 is 12.1 Å². The number of ether oxygens (including phenoxy) is 2. The van der Waals surface area contributed by atoms with Crippen LogP contribution in [0.5, 0.6) is 0 Å². The molecule has 1 aliphatic rings. The van der Waals surface area contributed by atoms with E-state index in [0.717, 1.165) is 34.3 Å². The summed E-state index contributed by atoms with van der Waals surface area (Å²) in [6.07, 6.45) is -6.79. The predicted octanol–water partition coefficient (Wildman–Crippen LogP) is -2.92. The summed E-state index contributed by atoms with van der Waals surface area (Å²) in [6, 6.07) is 8.29. The fourth-order valence-electron chi connectivity index (χ4n) is 7.09. The number of hydrogen-bond acceptors (Lipinski definition) is 19. The second-order valence-corrected chi connectivity index (χ2v) is 16.6. The lowest BCUT2D eigenvalue weighted by molar-refractivity contribution is -0.146. The Morgan fingerprint density at radius 1 is 0.556 bits per heavy atom. The van der Waals surface area contributed by atoms with Gasteiger partial charge in [-0.1, -0.05) is 54.6 Å². The first-order chi connectivity index (χ1) is 34.3. The Kier molecular flexibility index (Phi) is 23.6. The Hall–Kier alpha value is -7.58. The summed E-state index contributed by atoms with van der Waals surface area (Å²) < 4.78 is 10.3. The molecule has 0 saturated heterocycles. The van der Waals surface area contributed by atoms with Gasteiger partial charge in [0.1, 0.15) is 44.1 Å². The van der Waals surface area contributed by atoms with Crippen LogP contribution in [0, 0.1) is 0 Å². The molecule has 6 amide bonds. The lowest BCUT2D eigenvalue weighted by atomic mass is 9.98. The smallest absolute Gasteiger partial charge is 0.408 e. The monoisotopic (exact) mass is 1010 g/mol. The highest BCUT2D eigenvalue weighted by molar-refractivity contribution is 5.97. The molecule has 2 aromatic rings. The van der Waals surface area contributed by atoms with Crippen molar-refractivity contribution in [1.29, 1.82) is 0 Å². The molecule has 10 N–H and O–H groups in total. The van der Waals surface area contributed by atoms with Gasteiger partial charge in [-0.05, 0) is 63.8 Å². The van der Waals surface area contributed by atoms with Crippen molar-refractivity contribution in [2.24, 2.45) is 0 Å². The first kappa shape index (κ1) is 58.7. The van der Waals surface area contributed by atoms with E-state index in [-0.39, 0.29) is 12.5 Å². The third kappa shape index (κ3) is 16.8. The topological polar surface area (TPSA) is 347 Å². The summed E-state index contributed by atoms with van der Waals surface area (Å²) in [5.41, 5.74) is 3.74. The van der Waals surface area contributed by atoms with Crippen LogP contribution >= 0.6 is 0 Å². The molecule has 1 aliphatic carbocycles. The van der Waals surface area contributed by atoms with Crippen LogP contribution in [0.2, 0.25) is 0 Å². The maximum absolute atomic E-state index is 14.6. The van der Waals surface area contributed by atoms with E-state index >= 15 is 0 Å². The number of carbonyl (C=O) groups excluding carboxylic acids is 12. The van der Waals surface area contributed by atoms with E-state index < -0.39 is 115 Å². The fraction of sp³-hybridized carbons (Fsp3) is 0.447. The van der Waals surface area contributed by atoms with Crippen molar-refractivity contribution in [1.82, 2.24) is 58.1 Å². The van der Waals surface area contributed by atoms with E-state index in [1.54, 1.807) is 0 Å². The molecular weight excluding hydrogens is 943 g/mol. The minimum Gasteiger partial charge on any atom is -0.466 e. The molecule has 0 bridgehead atoms. The van der Waals surface area contributed by atoms with Gasteiger partial charge in [0.05, 0.1) is 37.3 Å². The molecule has 2 aromatic carbocycles. The largest absolute Gasteiger partial charge is 0.466 e. The van der Waals surface area contributed by atoms with E-state index in [4.69, 9.17) is 4.74 Å². The highest BCUT2D eigenvalue weighted by Gasteiger charge is 2.39. The minimum absolute atomic E-state index is 0.155. The first-order valence-corrected chi connectivity index (χ1v) is 22.7. The maximum Gasteiger partial charge on any atom is 0.408 e. The maximum atomic E-state index is 14.6. The quantitative estimate of drug-likeness (QED) is 0.0157.